The van der Waals surface area contributed by atoms with Gasteiger partial charge < -0.3 is 10.1 Å². The predicted octanol–water partition coefficient (Wildman–Crippen LogP) is 4.24. The molecular weight excluding hydrogens is 443 g/mol. The molecular formula is C22H20ClFN2O4S. The van der Waals surface area contributed by atoms with Gasteiger partial charge >= 0.3 is 0 Å². The maximum Gasteiger partial charge on any atom is 0.264 e. The maximum absolute atomic E-state index is 13.2. The quantitative estimate of drug-likeness (QED) is 0.569. The average molecular weight is 463 g/mol. The molecule has 0 bridgehead atoms. The molecule has 0 unspecified atom stereocenters. The van der Waals surface area contributed by atoms with Crippen LogP contribution in [0.4, 0.5) is 10.1 Å². The summed E-state index contributed by atoms with van der Waals surface area (Å²) in [6, 6.07) is 16.1. The molecule has 162 valence electrons. The molecule has 0 aliphatic heterocycles. The van der Waals surface area contributed by atoms with E-state index in [9.17, 15) is 17.6 Å². The summed E-state index contributed by atoms with van der Waals surface area (Å²) >= 11 is 6.15. The van der Waals surface area contributed by atoms with Gasteiger partial charge in [0, 0.05) is 13.6 Å². The minimum absolute atomic E-state index is 0.0261. The molecule has 0 heterocycles. The van der Waals surface area contributed by atoms with Gasteiger partial charge in [-0.15, -0.1) is 0 Å². The zero-order valence-corrected chi connectivity index (χ0v) is 18.4. The van der Waals surface area contributed by atoms with Crippen LogP contribution in [0.3, 0.4) is 0 Å². The highest BCUT2D eigenvalue weighted by Gasteiger charge is 2.24. The molecule has 0 saturated heterocycles. The third-order valence-electron chi connectivity index (χ3n) is 4.62. The zero-order chi connectivity index (χ0) is 22.6. The third-order valence-corrected chi connectivity index (χ3v) is 6.73. The fourth-order valence-corrected chi connectivity index (χ4v) is 4.27. The lowest BCUT2D eigenvalue weighted by atomic mass is 10.2. The zero-order valence-electron chi connectivity index (χ0n) is 16.8. The molecule has 31 heavy (non-hydrogen) atoms. The van der Waals surface area contributed by atoms with E-state index in [1.807, 2.05) is 6.07 Å². The van der Waals surface area contributed by atoms with Crippen molar-refractivity contribution >= 4 is 33.2 Å². The minimum atomic E-state index is -4.00. The SMILES string of the molecule is COc1cccc(CNC(=O)c2cc(S(=O)(=O)N(C)c3ccc(F)cc3)ccc2Cl)c1. The second-order valence-electron chi connectivity index (χ2n) is 6.62. The number of hydrogen-bond donors (Lipinski definition) is 1. The number of carbonyl (C=O) groups is 1. The number of nitrogens with zero attached hydrogens (tertiary/aromatic N) is 1. The van der Waals surface area contributed by atoms with E-state index in [1.165, 1.54) is 49.5 Å². The summed E-state index contributed by atoms with van der Waals surface area (Å²) in [6.45, 7) is 0.207. The topological polar surface area (TPSA) is 75.7 Å². The van der Waals surface area contributed by atoms with Crippen LogP contribution < -0.4 is 14.4 Å². The number of anilines is 1. The molecule has 0 aromatic heterocycles. The molecule has 0 aliphatic rings. The number of rotatable bonds is 7. The highest BCUT2D eigenvalue weighted by molar-refractivity contribution is 7.92. The van der Waals surface area contributed by atoms with Gasteiger partial charge in [-0.1, -0.05) is 23.7 Å². The highest BCUT2D eigenvalue weighted by Crippen LogP contribution is 2.26. The summed E-state index contributed by atoms with van der Waals surface area (Å²) in [5, 5.41) is 2.84. The fraction of sp³-hybridized carbons (Fsp3) is 0.136. The molecule has 1 amide bonds. The Bertz CT molecular complexity index is 1200. The molecule has 0 saturated carbocycles. The first-order valence-corrected chi connectivity index (χ1v) is 11.0. The Hall–Kier alpha value is -3.10. The lowest BCUT2D eigenvalue weighted by molar-refractivity contribution is 0.0951. The normalized spacial score (nSPS) is 11.1. The molecule has 0 radical (unpaired) electrons. The van der Waals surface area contributed by atoms with Crippen molar-refractivity contribution in [2.45, 2.75) is 11.4 Å². The van der Waals surface area contributed by atoms with Gasteiger partial charge in [0.25, 0.3) is 15.9 Å². The highest BCUT2D eigenvalue weighted by atomic mass is 35.5. The van der Waals surface area contributed by atoms with Crippen molar-refractivity contribution in [3.63, 3.8) is 0 Å². The Morgan fingerprint density at radius 2 is 1.81 bits per heavy atom. The largest absolute Gasteiger partial charge is 0.497 e. The molecule has 0 atom stereocenters. The van der Waals surface area contributed by atoms with Crippen LogP contribution in [0.5, 0.6) is 5.75 Å². The van der Waals surface area contributed by atoms with Gasteiger partial charge in [-0.3, -0.25) is 9.10 Å². The molecule has 9 heteroatoms. The summed E-state index contributed by atoms with van der Waals surface area (Å²) in [6.07, 6.45) is 0. The Morgan fingerprint density at radius 1 is 1.10 bits per heavy atom. The van der Waals surface area contributed by atoms with Crippen molar-refractivity contribution in [2.75, 3.05) is 18.5 Å². The molecule has 1 N–H and O–H groups in total. The number of benzene rings is 3. The van der Waals surface area contributed by atoms with Crippen molar-refractivity contribution in [1.82, 2.24) is 5.32 Å². The van der Waals surface area contributed by atoms with Crippen LogP contribution in [-0.4, -0.2) is 28.5 Å². The number of nitrogens with one attached hydrogen (secondary N) is 1. The maximum atomic E-state index is 13.2. The number of sulfonamides is 1. The minimum Gasteiger partial charge on any atom is -0.497 e. The van der Waals surface area contributed by atoms with Crippen LogP contribution in [0.2, 0.25) is 5.02 Å². The number of hydrogen-bond acceptors (Lipinski definition) is 4. The molecule has 0 fully saturated rings. The first-order chi connectivity index (χ1) is 14.7. The van der Waals surface area contributed by atoms with Crippen LogP contribution in [0.25, 0.3) is 0 Å². The van der Waals surface area contributed by atoms with Crippen LogP contribution in [0, 0.1) is 5.82 Å². The van der Waals surface area contributed by atoms with Crippen LogP contribution >= 0.6 is 11.6 Å². The van der Waals surface area contributed by atoms with E-state index in [0.717, 1.165) is 9.87 Å². The standard InChI is InChI=1S/C22H20ClFN2O4S/c1-26(17-8-6-16(24)7-9-17)31(28,29)19-10-11-21(23)20(13-19)22(27)25-14-15-4-3-5-18(12-15)30-2/h3-13H,14H2,1-2H3,(H,25,27). The molecule has 3 rings (SSSR count). The lowest BCUT2D eigenvalue weighted by Gasteiger charge is -2.20. The second kappa shape index (κ2) is 9.36. The van der Waals surface area contributed by atoms with E-state index in [1.54, 1.807) is 25.3 Å². The Labute approximate surface area is 185 Å². The van der Waals surface area contributed by atoms with Crippen LogP contribution in [-0.2, 0) is 16.6 Å². The van der Waals surface area contributed by atoms with Crippen molar-refractivity contribution in [3.8, 4) is 5.75 Å². The Balaban J connectivity index is 1.83. The first kappa shape index (κ1) is 22.6. The third kappa shape index (κ3) is 5.15. The van der Waals surface area contributed by atoms with E-state index >= 15 is 0 Å². The van der Waals surface area contributed by atoms with Crippen molar-refractivity contribution < 1.29 is 22.3 Å². The van der Waals surface area contributed by atoms with Gasteiger partial charge in [-0.05, 0) is 60.2 Å². The lowest BCUT2D eigenvalue weighted by Crippen LogP contribution is -2.27. The van der Waals surface area contributed by atoms with Crippen molar-refractivity contribution in [1.29, 1.82) is 0 Å². The first-order valence-electron chi connectivity index (χ1n) is 9.17. The van der Waals surface area contributed by atoms with E-state index < -0.39 is 21.7 Å². The number of ether oxygens (including phenoxy) is 1. The van der Waals surface area contributed by atoms with Gasteiger partial charge in [0.05, 0.1) is 28.3 Å². The average Bonchev–Trinajstić information content (AvgIpc) is 2.77. The fourth-order valence-electron chi connectivity index (χ4n) is 2.85. The number of halogens is 2. The van der Waals surface area contributed by atoms with E-state index in [-0.39, 0.29) is 27.7 Å². The molecule has 3 aromatic carbocycles. The van der Waals surface area contributed by atoms with Gasteiger partial charge in [-0.2, -0.15) is 0 Å². The summed E-state index contributed by atoms with van der Waals surface area (Å²) in [5.41, 5.74) is 1.11. The Morgan fingerprint density at radius 3 is 2.48 bits per heavy atom. The number of amides is 1. The van der Waals surface area contributed by atoms with Crippen molar-refractivity contribution in [3.05, 3.63) is 88.7 Å². The molecule has 0 aliphatic carbocycles. The number of methoxy groups -OCH3 is 1. The molecule has 6 nitrogen and oxygen atoms in total. The smallest absolute Gasteiger partial charge is 0.264 e. The van der Waals surface area contributed by atoms with Gasteiger partial charge in [0.2, 0.25) is 0 Å². The second-order valence-corrected chi connectivity index (χ2v) is 9.00. The van der Waals surface area contributed by atoms with Crippen LogP contribution in [0.15, 0.2) is 71.6 Å². The summed E-state index contributed by atoms with van der Waals surface area (Å²) in [7, 11) is -1.10. The van der Waals surface area contributed by atoms with E-state index in [4.69, 9.17) is 16.3 Å². The van der Waals surface area contributed by atoms with Crippen LogP contribution in [0.1, 0.15) is 15.9 Å². The number of carbonyl (C=O) groups excluding carboxylic acids is 1. The molecule has 3 aromatic rings. The summed E-state index contributed by atoms with van der Waals surface area (Å²) in [5.74, 6) is -0.341. The van der Waals surface area contributed by atoms with E-state index in [2.05, 4.69) is 5.32 Å². The van der Waals surface area contributed by atoms with E-state index in [0.29, 0.717) is 5.75 Å². The van der Waals surface area contributed by atoms with Gasteiger partial charge in [0.1, 0.15) is 11.6 Å². The molecule has 0 spiro atoms. The Kier molecular flexibility index (Phi) is 6.82. The monoisotopic (exact) mass is 462 g/mol. The summed E-state index contributed by atoms with van der Waals surface area (Å²) in [4.78, 5) is 12.6. The van der Waals surface area contributed by atoms with Crippen molar-refractivity contribution in [2.24, 2.45) is 0 Å². The van der Waals surface area contributed by atoms with Gasteiger partial charge in [-0.25, -0.2) is 12.8 Å². The van der Waals surface area contributed by atoms with Gasteiger partial charge in [0.15, 0.2) is 0 Å². The predicted molar refractivity (Wildman–Crippen MR) is 118 cm³/mol. The summed E-state index contributed by atoms with van der Waals surface area (Å²) < 4.78 is 45.3.